The van der Waals surface area contributed by atoms with E-state index in [4.69, 9.17) is 7.25 Å². The van der Waals surface area contributed by atoms with E-state index in [-0.39, 0.29) is 0 Å². The van der Waals surface area contributed by atoms with Gasteiger partial charge in [0.25, 0.3) is 0 Å². The molecule has 0 fully saturated rings. The summed E-state index contributed by atoms with van der Waals surface area (Å²) >= 11 is 0. The highest BCUT2D eigenvalue weighted by Gasteiger charge is 2.01. The van der Waals surface area contributed by atoms with Gasteiger partial charge in [0.2, 0.25) is 0 Å². The summed E-state index contributed by atoms with van der Waals surface area (Å²) in [7, 11) is 0. The summed E-state index contributed by atoms with van der Waals surface area (Å²) < 4.78 is 6.70. The molecule has 8 heavy (non-hydrogen) atoms. The number of hydrogen-bond acceptors (Lipinski definition) is 5. The van der Waals surface area contributed by atoms with Crippen molar-refractivity contribution in [2.24, 2.45) is 11.7 Å². The van der Waals surface area contributed by atoms with Crippen LogP contribution >= 0.6 is 0 Å². The molecule has 5 nitrogen and oxygen atoms in total. The molecule has 0 aromatic heterocycles. The minimum Gasteiger partial charge on any atom is -0.310 e. The first kappa shape index (κ1) is 4.13. The number of nitrogens with zero attached hydrogens (tertiary/aromatic N) is 2. The summed E-state index contributed by atoms with van der Waals surface area (Å²) in [5.41, 5.74) is 2.71. The van der Waals surface area contributed by atoms with Crippen LogP contribution in [-0.4, -0.2) is 16.8 Å². The Morgan fingerprint density at radius 1 is 1.88 bits per heavy atom. The Bertz CT molecular complexity index is 115. The molecule has 1 rings (SSSR count). The van der Waals surface area contributed by atoms with Gasteiger partial charge in [-0.3, -0.25) is 5.01 Å². The molecular weight excluding hydrogens is 106 g/mol. The van der Waals surface area contributed by atoms with Crippen LogP contribution in [0.5, 0.6) is 0 Å². The maximum atomic E-state index is 6.70. The zero-order valence-corrected chi connectivity index (χ0v) is 4.33. The van der Waals surface area contributed by atoms with E-state index >= 15 is 0 Å². The average molecular weight is 116 g/mol. The fourth-order valence-corrected chi connectivity index (χ4v) is 0.471. The van der Waals surface area contributed by atoms with Gasteiger partial charge < -0.3 is 5.43 Å². The van der Waals surface area contributed by atoms with Crippen LogP contribution in [0, 0.1) is 0 Å². The second-order valence-electron chi connectivity index (χ2n) is 1.53. The monoisotopic (exact) mass is 116 g/mol. The fourth-order valence-electron chi connectivity index (χ4n) is 0.471. The van der Waals surface area contributed by atoms with E-state index in [0.717, 1.165) is 0 Å². The molecule has 0 saturated carbocycles. The topological polar surface area (TPSA) is 70.5 Å². The number of nitrogens with one attached hydrogen (secondary N) is 1. The largest absolute Gasteiger partial charge is 0.310 e. The zero-order valence-electron chi connectivity index (χ0n) is 5.33. The lowest BCUT2D eigenvalue weighted by atomic mass is 10.8. The van der Waals surface area contributed by atoms with E-state index in [1.54, 1.807) is 12.4 Å². The third-order valence-electron chi connectivity index (χ3n) is 0.800. The van der Waals surface area contributed by atoms with Gasteiger partial charge >= 0.3 is 0 Å². The third kappa shape index (κ3) is 1.09. The van der Waals surface area contributed by atoms with Crippen LogP contribution in [0.25, 0.3) is 0 Å². The molecular formula is C3H9N5. The fraction of sp³-hybridized carbons (Fsp3) is 0.333. The summed E-state index contributed by atoms with van der Waals surface area (Å²) in [4.78, 5) is 0. The van der Waals surface area contributed by atoms with Gasteiger partial charge in [-0.25, -0.2) is 11.7 Å². The van der Waals surface area contributed by atoms with Gasteiger partial charge in [0.15, 0.2) is 0 Å². The first-order valence-electron chi connectivity index (χ1n) is 2.72. The van der Waals surface area contributed by atoms with Crippen LogP contribution in [0.3, 0.4) is 0 Å². The van der Waals surface area contributed by atoms with Gasteiger partial charge in [0, 0.05) is 12.4 Å². The van der Waals surface area contributed by atoms with Crippen LogP contribution < -0.4 is 17.1 Å². The number of rotatable bonds is 1. The average Bonchev–Trinajstić information content (AvgIpc) is 1.88. The maximum Gasteiger partial charge on any atom is 0.144 e. The lowest BCUT2D eigenvalue weighted by molar-refractivity contribution is 0.118. The van der Waals surface area contributed by atoms with E-state index < -0.39 is 0 Å². The van der Waals surface area contributed by atoms with Crippen molar-refractivity contribution in [3.8, 4) is 0 Å². The van der Waals surface area contributed by atoms with Gasteiger partial charge in [-0.15, -0.1) is 5.12 Å². The van der Waals surface area contributed by atoms with Gasteiger partial charge in [-0.05, 0) is 0 Å². The maximum absolute atomic E-state index is 6.70. The van der Waals surface area contributed by atoms with Crippen LogP contribution in [0.1, 0.15) is 0 Å². The van der Waals surface area contributed by atoms with Crippen molar-refractivity contribution in [2.75, 3.05) is 6.67 Å². The van der Waals surface area contributed by atoms with Crippen molar-refractivity contribution in [1.29, 1.82) is 0 Å². The molecule has 0 atom stereocenters. The molecule has 0 aliphatic carbocycles. The number of hydrogen-bond donors (Lipinski definition) is 3. The minimum atomic E-state index is 0.444. The molecule has 1 heterocycles. The molecule has 1 aliphatic rings. The van der Waals surface area contributed by atoms with Crippen molar-refractivity contribution < 1.29 is 1.41 Å². The molecule has 0 aromatic rings. The SMILES string of the molecule is [2H]NN1C=CNN(N)C1. The van der Waals surface area contributed by atoms with E-state index in [0.29, 0.717) is 6.67 Å². The molecule has 0 unspecified atom stereocenters. The number of hydrazine groups is 3. The van der Waals surface area contributed by atoms with E-state index in [1.165, 1.54) is 10.1 Å². The van der Waals surface area contributed by atoms with Crippen LogP contribution in [0.15, 0.2) is 12.4 Å². The molecule has 0 amide bonds. The van der Waals surface area contributed by atoms with Crippen molar-refractivity contribution in [3.63, 3.8) is 0 Å². The summed E-state index contributed by atoms with van der Waals surface area (Å²) in [6, 6.07) is 0. The lowest BCUT2D eigenvalue weighted by Crippen LogP contribution is -2.51. The molecule has 5 heteroatoms. The molecule has 0 saturated heterocycles. The molecule has 0 radical (unpaired) electrons. The normalized spacial score (nSPS) is 22.6. The molecule has 0 aromatic carbocycles. The molecule has 0 bridgehead atoms. The first-order valence-corrected chi connectivity index (χ1v) is 2.22. The summed E-state index contributed by atoms with van der Waals surface area (Å²) in [5, 5.41) is 2.86. The Morgan fingerprint density at radius 3 is 3.25 bits per heavy atom. The Morgan fingerprint density at radius 2 is 2.75 bits per heavy atom. The van der Waals surface area contributed by atoms with Crippen LogP contribution in [0.4, 0.5) is 0 Å². The highest BCUT2D eigenvalue weighted by molar-refractivity contribution is 4.78. The van der Waals surface area contributed by atoms with Crippen LogP contribution in [0.2, 0.25) is 1.41 Å². The predicted molar refractivity (Wildman–Crippen MR) is 29.2 cm³/mol. The quantitative estimate of drug-likeness (QED) is 0.356. The number of nitrogens with two attached hydrogens (primary N) is 2. The summed E-state index contributed by atoms with van der Waals surface area (Å²) in [5.74, 6) is 7.48. The molecule has 46 valence electrons. The summed E-state index contributed by atoms with van der Waals surface area (Å²) in [6.45, 7) is 0.444. The molecule has 5 N–H and O–H groups in total. The van der Waals surface area contributed by atoms with E-state index in [2.05, 4.69) is 11.3 Å². The van der Waals surface area contributed by atoms with Crippen molar-refractivity contribution in [2.45, 2.75) is 0 Å². The Kier molecular flexibility index (Phi) is 1.03. The Balaban J connectivity index is 2.39. The molecule has 0 spiro atoms. The van der Waals surface area contributed by atoms with Gasteiger partial charge in [0.05, 0.1) is 0 Å². The van der Waals surface area contributed by atoms with Gasteiger partial charge in [-0.2, -0.15) is 0 Å². The second kappa shape index (κ2) is 1.99. The Labute approximate surface area is 48.9 Å². The van der Waals surface area contributed by atoms with Gasteiger partial charge in [-0.1, -0.05) is 0 Å². The van der Waals surface area contributed by atoms with Crippen molar-refractivity contribution in [1.82, 2.24) is 15.6 Å². The second-order valence-corrected chi connectivity index (χ2v) is 1.53. The Hall–Kier alpha value is -0.780. The standard InChI is InChI=1S/C3H9N5/c4-7-2-1-6-8(5)3-7/h1-2,6H,3-5H2/i/hD. The highest BCUT2D eigenvalue weighted by Crippen LogP contribution is 1.85. The van der Waals surface area contributed by atoms with E-state index in [9.17, 15) is 0 Å². The molecule has 1 aliphatic heterocycles. The van der Waals surface area contributed by atoms with E-state index in [1.807, 2.05) is 0 Å². The minimum absolute atomic E-state index is 0.444. The van der Waals surface area contributed by atoms with Crippen molar-refractivity contribution in [3.05, 3.63) is 12.4 Å². The summed E-state index contributed by atoms with van der Waals surface area (Å²) in [6.07, 6.45) is 3.31. The first-order chi connectivity index (χ1) is 4.33. The van der Waals surface area contributed by atoms with Crippen molar-refractivity contribution >= 4 is 0 Å². The van der Waals surface area contributed by atoms with Crippen LogP contribution in [-0.2, 0) is 0 Å². The third-order valence-corrected chi connectivity index (χ3v) is 0.800. The van der Waals surface area contributed by atoms with Gasteiger partial charge in [0.1, 0.15) is 8.08 Å². The zero-order chi connectivity index (χ0) is 6.69. The lowest BCUT2D eigenvalue weighted by Gasteiger charge is -2.25. The highest BCUT2D eigenvalue weighted by atomic mass is 15.7. The smallest absolute Gasteiger partial charge is 0.144 e. The predicted octanol–water partition coefficient (Wildman–Crippen LogP) is -1.72.